The fourth-order valence-electron chi connectivity index (χ4n) is 2.13. The summed E-state index contributed by atoms with van der Waals surface area (Å²) in [5.41, 5.74) is 1.21. The Balaban J connectivity index is 1.62. The highest BCUT2D eigenvalue weighted by molar-refractivity contribution is 9.10. The van der Waals surface area contributed by atoms with Crippen LogP contribution in [0.2, 0.25) is 5.02 Å². The number of carbonyl (C=O) groups excluding carboxylic acids is 3. The van der Waals surface area contributed by atoms with Gasteiger partial charge >= 0.3 is 5.97 Å². The van der Waals surface area contributed by atoms with E-state index in [1.54, 1.807) is 36.4 Å². The Kier molecular flexibility index (Phi) is 8.29. The second-order valence-corrected chi connectivity index (χ2v) is 6.98. The van der Waals surface area contributed by atoms with Gasteiger partial charge in [0.25, 0.3) is 5.91 Å². The molecule has 0 aromatic heterocycles. The van der Waals surface area contributed by atoms with Crippen LogP contribution >= 0.6 is 27.5 Å². The van der Waals surface area contributed by atoms with Crippen LogP contribution in [-0.4, -0.2) is 24.4 Å². The molecule has 0 unspecified atom stereocenters. The van der Waals surface area contributed by atoms with E-state index in [0.29, 0.717) is 22.8 Å². The van der Waals surface area contributed by atoms with Crippen molar-refractivity contribution in [3.63, 3.8) is 0 Å². The van der Waals surface area contributed by atoms with Crippen LogP contribution in [-0.2, 0) is 19.1 Å². The summed E-state index contributed by atoms with van der Waals surface area (Å²) in [7, 11) is 0. The molecule has 0 aliphatic heterocycles. The third-order valence-corrected chi connectivity index (χ3v) is 4.15. The molecule has 2 rings (SSSR count). The van der Waals surface area contributed by atoms with Crippen molar-refractivity contribution in [2.75, 3.05) is 17.2 Å². The van der Waals surface area contributed by atoms with Crippen LogP contribution in [0, 0.1) is 0 Å². The van der Waals surface area contributed by atoms with Gasteiger partial charge in [-0.1, -0.05) is 33.6 Å². The number of ether oxygens (including phenoxy) is 1. The van der Waals surface area contributed by atoms with E-state index in [9.17, 15) is 14.4 Å². The average molecular weight is 454 g/mol. The predicted octanol–water partition coefficient (Wildman–Crippen LogP) is 4.39. The normalized spacial score (nSPS) is 10.1. The van der Waals surface area contributed by atoms with Crippen molar-refractivity contribution in [1.29, 1.82) is 0 Å². The van der Waals surface area contributed by atoms with E-state index < -0.39 is 18.5 Å². The van der Waals surface area contributed by atoms with Crippen molar-refractivity contribution in [2.45, 2.75) is 19.3 Å². The van der Waals surface area contributed by atoms with Gasteiger partial charge in [-0.2, -0.15) is 0 Å². The van der Waals surface area contributed by atoms with E-state index in [1.807, 2.05) is 12.1 Å². The number of carbonyl (C=O) groups is 3. The molecule has 2 N–H and O–H groups in total. The van der Waals surface area contributed by atoms with Crippen LogP contribution < -0.4 is 10.6 Å². The Hall–Kier alpha value is -2.38. The van der Waals surface area contributed by atoms with Gasteiger partial charge in [0.05, 0.1) is 0 Å². The van der Waals surface area contributed by atoms with Gasteiger partial charge < -0.3 is 15.4 Å². The van der Waals surface area contributed by atoms with Crippen molar-refractivity contribution < 1.29 is 19.1 Å². The van der Waals surface area contributed by atoms with E-state index in [-0.39, 0.29) is 18.7 Å². The van der Waals surface area contributed by atoms with Gasteiger partial charge in [0.1, 0.15) is 0 Å². The summed E-state index contributed by atoms with van der Waals surface area (Å²) < 4.78 is 5.82. The number of esters is 1. The van der Waals surface area contributed by atoms with Crippen molar-refractivity contribution in [3.05, 3.63) is 58.0 Å². The molecule has 8 heteroatoms. The summed E-state index contributed by atoms with van der Waals surface area (Å²) in [4.78, 5) is 35.2. The standard InChI is InChI=1S/C19H18BrClN2O4/c20-13-7-9-15(10-8-13)22-17(24)5-2-6-19(26)27-12-18(25)23-16-4-1-3-14(21)11-16/h1,3-4,7-11H,2,5-6,12H2,(H,22,24)(H,23,25). The Morgan fingerprint density at radius 1 is 0.926 bits per heavy atom. The first-order valence-corrected chi connectivity index (χ1v) is 9.36. The van der Waals surface area contributed by atoms with Crippen LogP contribution in [0.5, 0.6) is 0 Å². The fraction of sp³-hybridized carbons (Fsp3) is 0.211. The van der Waals surface area contributed by atoms with E-state index in [1.165, 1.54) is 0 Å². The largest absolute Gasteiger partial charge is 0.456 e. The summed E-state index contributed by atoms with van der Waals surface area (Å²) in [5, 5.41) is 5.81. The van der Waals surface area contributed by atoms with E-state index in [2.05, 4.69) is 26.6 Å². The van der Waals surface area contributed by atoms with Gasteiger partial charge in [-0.05, 0) is 48.9 Å². The third kappa shape index (κ3) is 8.23. The highest BCUT2D eigenvalue weighted by Crippen LogP contribution is 2.15. The molecular weight excluding hydrogens is 436 g/mol. The van der Waals surface area contributed by atoms with Crippen LogP contribution in [0.3, 0.4) is 0 Å². The van der Waals surface area contributed by atoms with Crippen LogP contribution in [0.25, 0.3) is 0 Å². The number of rotatable bonds is 8. The fourth-order valence-corrected chi connectivity index (χ4v) is 2.59. The number of amides is 2. The summed E-state index contributed by atoms with van der Waals surface area (Å²) in [6.07, 6.45) is 0.565. The number of benzene rings is 2. The zero-order valence-corrected chi connectivity index (χ0v) is 16.7. The SMILES string of the molecule is O=C(CCCC(=O)OCC(=O)Nc1cccc(Cl)c1)Nc1ccc(Br)cc1. The highest BCUT2D eigenvalue weighted by Gasteiger charge is 2.10. The van der Waals surface area contributed by atoms with Gasteiger partial charge in [-0.3, -0.25) is 14.4 Å². The first-order chi connectivity index (χ1) is 12.9. The Labute approximate surface area is 170 Å². The van der Waals surface area contributed by atoms with Crippen molar-refractivity contribution in [3.8, 4) is 0 Å². The first-order valence-electron chi connectivity index (χ1n) is 8.19. The summed E-state index contributed by atoms with van der Waals surface area (Å²) in [5.74, 6) is -1.19. The quantitative estimate of drug-likeness (QED) is 0.581. The van der Waals surface area contributed by atoms with Crippen molar-refractivity contribution >= 4 is 56.7 Å². The molecule has 6 nitrogen and oxygen atoms in total. The minimum atomic E-state index is -0.535. The molecule has 0 saturated heterocycles. The lowest BCUT2D eigenvalue weighted by molar-refractivity contribution is -0.147. The summed E-state index contributed by atoms with van der Waals surface area (Å²) >= 11 is 9.14. The van der Waals surface area contributed by atoms with Crippen molar-refractivity contribution in [1.82, 2.24) is 0 Å². The highest BCUT2D eigenvalue weighted by atomic mass is 79.9. The van der Waals surface area contributed by atoms with Crippen LogP contribution in [0.15, 0.2) is 53.0 Å². The summed E-state index contributed by atoms with van der Waals surface area (Å²) in [6, 6.07) is 13.8. The van der Waals surface area contributed by atoms with E-state index >= 15 is 0 Å². The zero-order chi connectivity index (χ0) is 19.6. The minimum Gasteiger partial charge on any atom is -0.456 e. The Morgan fingerprint density at radius 2 is 1.63 bits per heavy atom. The number of halogens is 2. The number of hydrogen-bond donors (Lipinski definition) is 2. The van der Waals surface area contributed by atoms with Gasteiger partial charge in [-0.25, -0.2) is 0 Å². The first kappa shape index (κ1) is 20.9. The number of anilines is 2. The van der Waals surface area contributed by atoms with Crippen LogP contribution in [0.4, 0.5) is 11.4 Å². The molecule has 2 aromatic rings. The molecule has 0 bridgehead atoms. The molecule has 0 atom stereocenters. The molecule has 0 spiro atoms. The predicted molar refractivity (Wildman–Crippen MR) is 108 cm³/mol. The molecule has 0 aliphatic carbocycles. The lowest BCUT2D eigenvalue weighted by Gasteiger charge is -2.07. The Bertz CT molecular complexity index is 812. The Morgan fingerprint density at radius 3 is 2.33 bits per heavy atom. The van der Waals surface area contributed by atoms with E-state index in [0.717, 1.165) is 4.47 Å². The molecule has 2 amide bonds. The second-order valence-electron chi connectivity index (χ2n) is 5.63. The van der Waals surface area contributed by atoms with Gasteiger partial charge in [0.15, 0.2) is 6.61 Å². The molecule has 0 radical (unpaired) electrons. The van der Waals surface area contributed by atoms with Crippen LogP contribution in [0.1, 0.15) is 19.3 Å². The lowest BCUT2D eigenvalue weighted by atomic mass is 10.2. The molecule has 0 fully saturated rings. The number of hydrogen-bond acceptors (Lipinski definition) is 4. The average Bonchev–Trinajstić information content (AvgIpc) is 2.62. The van der Waals surface area contributed by atoms with Crippen molar-refractivity contribution in [2.24, 2.45) is 0 Å². The third-order valence-electron chi connectivity index (χ3n) is 3.39. The molecule has 0 saturated carbocycles. The minimum absolute atomic E-state index is 0.0538. The lowest BCUT2D eigenvalue weighted by Crippen LogP contribution is -2.21. The molecule has 27 heavy (non-hydrogen) atoms. The zero-order valence-electron chi connectivity index (χ0n) is 14.3. The maximum absolute atomic E-state index is 11.8. The molecular formula is C19H18BrClN2O4. The summed E-state index contributed by atoms with van der Waals surface area (Å²) in [6.45, 7) is -0.392. The molecule has 0 aliphatic rings. The van der Waals surface area contributed by atoms with E-state index in [4.69, 9.17) is 16.3 Å². The maximum atomic E-state index is 11.8. The van der Waals surface area contributed by atoms with Gasteiger partial charge in [-0.15, -0.1) is 0 Å². The monoisotopic (exact) mass is 452 g/mol. The maximum Gasteiger partial charge on any atom is 0.306 e. The second kappa shape index (κ2) is 10.7. The van der Waals surface area contributed by atoms with Gasteiger partial charge in [0, 0.05) is 33.7 Å². The molecule has 0 heterocycles. The topological polar surface area (TPSA) is 84.5 Å². The molecule has 2 aromatic carbocycles. The smallest absolute Gasteiger partial charge is 0.306 e. The van der Waals surface area contributed by atoms with Gasteiger partial charge in [0.2, 0.25) is 5.91 Å². The number of nitrogens with one attached hydrogen (secondary N) is 2. The molecule has 142 valence electrons.